The molecule has 0 aromatic heterocycles. The molecule has 17 heavy (non-hydrogen) atoms. The Kier molecular flexibility index (Phi) is 5.41. The first-order valence-electron chi connectivity index (χ1n) is 5.37. The van der Waals surface area contributed by atoms with Gasteiger partial charge < -0.3 is 15.5 Å². The third-order valence-electron chi connectivity index (χ3n) is 2.63. The zero-order chi connectivity index (χ0) is 12.8. The average Bonchev–Trinajstić information content (AvgIpc) is 2.30. The monoisotopic (exact) mass is 257 g/mol. The number of hydrogen-bond donors (Lipinski definition) is 3. The van der Waals surface area contributed by atoms with Gasteiger partial charge in [0.2, 0.25) is 0 Å². The van der Waals surface area contributed by atoms with Crippen LogP contribution in [0.25, 0.3) is 0 Å². The van der Waals surface area contributed by atoms with Crippen LogP contribution in [0.1, 0.15) is 24.5 Å². The maximum absolute atomic E-state index is 10.5. The summed E-state index contributed by atoms with van der Waals surface area (Å²) in [6, 6.07) is 6.58. The van der Waals surface area contributed by atoms with Crippen molar-refractivity contribution in [3.8, 4) is 0 Å². The van der Waals surface area contributed by atoms with Crippen LogP contribution in [0.5, 0.6) is 0 Å². The number of aliphatic carboxylic acids is 1. The minimum atomic E-state index is -0.867. The Labute approximate surface area is 105 Å². The zero-order valence-corrected chi connectivity index (χ0v) is 10.3. The molecule has 5 heteroatoms. The quantitative estimate of drug-likeness (QED) is 0.727. The van der Waals surface area contributed by atoms with Gasteiger partial charge in [-0.05, 0) is 31.2 Å². The number of aliphatic hydroxyl groups is 1. The van der Waals surface area contributed by atoms with Crippen molar-refractivity contribution < 1.29 is 15.0 Å². The second kappa shape index (κ2) is 6.59. The van der Waals surface area contributed by atoms with E-state index in [1.807, 2.05) is 0 Å². The number of carboxylic acid groups (broad SMARTS) is 1. The smallest absolute Gasteiger partial charge is 0.303 e. The molecule has 0 fully saturated rings. The molecule has 1 aromatic carbocycles. The highest BCUT2D eigenvalue weighted by Gasteiger charge is 2.19. The van der Waals surface area contributed by atoms with Crippen molar-refractivity contribution in [1.82, 2.24) is 5.32 Å². The molecule has 0 saturated carbocycles. The van der Waals surface area contributed by atoms with Gasteiger partial charge in [-0.15, -0.1) is 0 Å². The average molecular weight is 258 g/mol. The topological polar surface area (TPSA) is 69.6 Å². The minimum absolute atomic E-state index is 0.0240. The summed E-state index contributed by atoms with van der Waals surface area (Å²) in [7, 11) is 1.70. The standard InChI is InChI=1S/C12H16ClNO3/c1-14-10(6-7-11(15)16)12(17)8-2-4-9(13)5-3-8/h2-5,10,12,14,17H,6-7H2,1H3,(H,15,16). The molecule has 0 aliphatic heterocycles. The predicted octanol–water partition coefficient (Wildman–Crippen LogP) is 1.83. The van der Waals surface area contributed by atoms with E-state index >= 15 is 0 Å². The van der Waals surface area contributed by atoms with Crippen LogP contribution in [0.2, 0.25) is 5.02 Å². The first-order valence-corrected chi connectivity index (χ1v) is 5.75. The first kappa shape index (κ1) is 14.0. The van der Waals surface area contributed by atoms with E-state index in [1.165, 1.54) is 0 Å². The molecule has 0 aliphatic carbocycles. The number of benzene rings is 1. The van der Waals surface area contributed by atoms with Crippen LogP contribution in [-0.2, 0) is 4.79 Å². The van der Waals surface area contributed by atoms with Crippen LogP contribution in [0.3, 0.4) is 0 Å². The van der Waals surface area contributed by atoms with Crippen LogP contribution in [-0.4, -0.2) is 29.3 Å². The van der Waals surface area contributed by atoms with E-state index in [9.17, 15) is 9.90 Å². The molecular formula is C12H16ClNO3. The Morgan fingerprint density at radius 3 is 2.47 bits per heavy atom. The minimum Gasteiger partial charge on any atom is -0.481 e. The molecule has 0 spiro atoms. The van der Waals surface area contributed by atoms with E-state index in [-0.39, 0.29) is 12.5 Å². The molecule has 4 nitrogen and oxygen atoms in total. The van der Waals surface area contributed by atoms with Gasteiger partial charge in [-0.1, -0.05) is 23.7 Å². The molecule has 3 N–H and O–H groups in total. The fourth-order valence-corrected chi connectivity index (χ4v) is 1.76. The Bertz CT molecular complexity index is 367. The Morgan fingerprint density at radius 1 is 1.41 bits per heavy atom. The lowest BCUT2D eigenvalue weighted by Crippen LogP contribution is -2.32. The molecular weight excluding hydrogens is 242 g/mol. The summed E-state index contributed by atoms with van der Waals surface area (Å²) in [5, 5.41) is 22.2. The van der Waals surface area contributed by atoms with E-state index < -0.39 is 12.1 Å². The van der Waals surface area contributed by atoms with E-state index in [1.54, 1.807) is 31.3 Å². The number of nitrogens with one attached hydrogen (secondary N) is 1. The Morgan fingerprint density at radius 2 is 2.00 bits per heavy atom. The van der Waals surface area contributed by atoms with Crippen molar-refractivity contribution in [3.05, 3.63) is 34.9 Å². The van der Waals surface area contributed by atoms with E-state index in [2.05, 4.69) is 5.32 Å². The molecule has 1 rings (SSSR count). The number of carbonyl (C=O) groups is 1. The fraction of sp³-hybridized carbons (Fsp3) is 0.417. The number of halogens is 1. The zero-order valence-electron chi connectivity index (χ0n) is 9.56. The van der Waals surface area contributed by atoms with Gasteiger partial charge in [0.05, 0.1) is 6.10 Å². The highest BCUT2D eigenvalue weighted by atomic mass is 35.5. The Hall–Kier alpha value is -1.10. The van der Waals surface area contributed by atoms with Crippen LogP contribution < -0.4 is 5.32 Å². The van der Waals surface area contributed by atoms with Crippen molar-refractivity contribution in [2.45, 2.75) is 25.0 Å². The van der Waals surface area contributed by atoms with Crippen LogP contribution >= 0.6 is 11.6 Å². The highest BCUT2D eigenvalue weighted by Crippen LogP contribution is 2.21. The van der Waals surface area contributed by atoms with E-state index in [0.29, 0.717) is 11.4 Å². The van der Waals surface area contributed by atoms with Gasteiger partial charge in [0.25, 0.3) is 0 Å². The van der Waals surface area contributed by atoms with Gasteiger partial charge in [0.15, 0.2) is 0 Å². The van der Waals surface area contributed by atoms with E-state index in [4.69, 9.17) is 16.7 Å². The van der Waals surface area contributed by atoms with Gasteiger partial charge in [-0.25, -0.2) is 0 Å². The summed E-state index contributed by atoms with van der Waals surface area (Å²) >= 11 is 5.76. The molecule has 2 atom stereocenters. The predicted molar refractivity (Wildman–Crippen MR) is 66.1 cm³/mol. The molecule has 94 valence electrons. The lowest BCUT2D eigenvalue weighted by atomic mass is 9.98. The largest absolute Gasteiger partial charge is 0.481 e. The molecule has 0 saturated heterocycles. The molecule has 0 aliphatic rings. The number of likely N-dealkylation sites (N-methyl/N-ethyl adjacent to an activating group) is 1. The van der Waals surface area contributed by atoms with Gasteiger partial charge in [0.1, 0.15) is 0 Å². The third kappa shape index (κ3) is 4.34. The summed E-state index contributed by atoms with van der Waals surface area (Å²) < 4.78 is 0. The van der Waals surface area contributed by atoms with Crippen molar-refractivity contribution >= 4 is 17.6 Å². The van der Waals surface area contributed by atoms with Crippen molar-refractivity contribution in [2.24, 2.45) is 0 Å². The molecule has 2 unspecified atom stereocenters. The normalized spacial score (nSPS) is 14.3. The molecule has 1 aromatic rings. The maximum atomic E-state index is 10.5. The lowest BCUT2D eigenvalue weighted by Gasteiger charge is -2.22. The summed E-state index contributed by atoms with van der Waals surface area (Å²) in [4.78, 5) is 10.5. The first-order chi connectivity index (χ1) is 8.04. The summed E-state index contributed by atoms with van der Waals surface area (Å²) in [5.41, 5.74) is 0.721. The maximum Gasteiger partial charge on any atom is 0.303 e. The molecule has 0 bridgehead atoms. The van der Waals surface area contributed by atoms with Crippen LogP contribution in [0, 0.1) is 0 Å². The van der Waals surface area contributed by atoms with Gasteiger partial charge in [0, 0.05) is 17.5 Å². The van der Waals surface area contributed by atoms with Crippen LogP contribution in [0.4, 0.5) is 0 Å². The fourth-order valence-electron chi connectivity index (χ4n) is 1.63. The van der Waals surface area contributed by atoms with Crippen molar-refractivity contribution in [2.75, 3.05) is 7.05 Å². The number of aliphatic hydroxyl groups excluding tert-OH is 1. The molecule has 0 heterocycles. The molecule has 0 radical (unpaired) electrons. The van der Waals surface area contributed by atoms with E-state index in [0.717, 1.165) is 5.56 Å². The molecule has 0 amide bonds. The number of carboxylic acids is 1. The second-order valence-electron chi connectivity index (χ2n) is 3.82. The number of rotatable bonds is 6. The SMILES string of the molecule is CNC(CCC(=O)O)C(O)c1ccc(Cl)cc1. The third-order valence-corrected chi connectivity index (χ3v) is 2.88. The highest BCUT2D eigenvalue weighted by molar-refractivity contribution is 6.30. The summed E-state index contributed by atoms with van der Waals surface area (Å²) in [6.45, 7) is 0. The lowest BCUT2D eigenvalue weighted by molar-refractivity contribution is -0.137. The van der Waals surface area contributed by atoms with Gasteiger partial charge in [-0.3, -0.25) is 4.79 Å². The van der Waals surface area contributed by atoms with Crippen molar-refractivity contribution in [3.63, 3.8) is 0 Å². The van der Waals surface area contributed by atoms with Crippen LogP contribution in [0.15, 0.2) is 24.3 Å². The van der Waals surface area contributed by atoms with Crippen molar-refractivity contribution in [1.29, 1.82) is 0 Å². The van der Waals surface area contributed by atoms with Gasteiger partial charge >= 0.3 is 5.97 Å². The number of hydrogen-bond acceptors (Lipinski definition) is 3. The summed E-state index contributed by atoms with van der Waals surface area (Å²) in [6.07, 6.45) is -0.345. The Balaban J connectivity index is 2.68. The van der Waals surface area contributed by atoms with Gasteiger partial charge in [-0.2, -0.15) is 0 Å². The summed E-state index contributed by atoms with van der Waals surface area (Å²) in [5.74, 6) is -0.867. The second-order valence-corrected chi connectivity index (χ2v) is 4.26.